The summed E-state index contributed by atoms with van der Waals surface area (Å²) in [4.78, 5) is 23.3. The summed E-state index contributed by atoms with van der Waals surface area (Å²) >= 11 is 13.5. The normalized spacial score (nSPS) is 12.6. The lowest BCUT2D eigenvalue weighted by Gasteiger charge is -2.11. The summed E-state index contributed by atoms with van der Waals surface area (Å²) in [6, 6.07) is 11.0. The number of amides is 1. The molecule has 0 radical (unpaired) electrons. The van der Waals surface area contributed by atoms with Crippen molar-refractivity contribution in [2.24, 2.45) is 0 Å². The number of nitrogens with zero attached hydrogens (tertiary/aromatic N) is 3. The number of aromatic nitrogens is 2. The molecule has 0 saturated carbocycles. The maximum Gasteiger partial charge on any atom is 0.288 e. The van der Waals surface area contributed by atoms with E-state index in [0.29, 0.717) is 10.8 Å². The molecule has 2 heterocycles. The van der Waals surface area contributed by atoms with Gasteiger partial charge < -0.3 is 5.32 Å². The van der Waals surface area contributed by atoms with E-state index in [1.54, 1.807) is 40.7 Å². The summed E-state index contributed by atoms with van der Waals surface area (Å²) in [5, 5.41) is 19.1. The predicted molar refractivity (Wildman–Crippen MR) is 110 cm³/mol. The topological polar surface area (TPSA) is 90.1 Å². The van der Waals surface area contributed by atoms with Crippen molar-refractivity contribution in [2.45, 2.75) is 11.5 Å². The Kier molecular flexibility index (Phi) is 5.01. The van der Waals surface area contributed by atoms with E-state index in [1.807, 2.05) is 0 Å². The minimum atomic E-state index is -0.620. The van der Waals surface area contributed by atoms with Gasteiger partial charge in [-0.05, 0) is 36.4 Å². The molecule has 1 N–H and O–H groups in total. The van der Waals surface area contributed by atoms with Crippen molar-refractivity contribution >= 4 is 52.4 Å². The van der Waals surface area contributed by atoms with Gasteiger partial charge in [-0.15, -0.1) is 0 Å². The maximum absolute atomic E-state index is 12.8. The van der Waals surface area contributed by atoms with E-state index in [9.17, 15) is 14.9 Å². The SMILES string of the molecule is O=C(Nc1c2c(nn1-c1ccc(Cl)cc1)CSC2)c1ccc(Cl)c([N+](=O)[O-])c1. The van der Waals surface area contributed by atoms with Gasteiger partial charge in [0.05, 0.1) is 16.3 Å². The van der Waals surface area contributed by atoms with Crippen LogP contribution in [0.1, 0.15) is 21.6 Å². The molecule has 1 aliphatic rings. The Morgan fingerprint density at radius 2 is 1.93 bits per heavy atom. The Labute approximate surface area is 173 Å². The van der Waals surface area contributed by atoms with Gasteiger partial charge in [0.2, 0.25) is 0 Å². The third-order valence-electron chi connectivity index (χ3n) is 4.26. The smallest absolute Gasteiger partial charge is 0.288 e. The highest BCUT2D eigenvalue weighted by molar-refractivity contribution is 7.98. The lowest BCUT2D eigenvalue weighted by atomic mass is 10.2. The van der Waals surface area contributed by atoms with Gasteiger partial charge in [0.15, 0.2) is 0 Å². The first-order valence-electron chi connectivity index (χ1n) is 8.14. The van der Waals surface area contributed by atoms with E-state index in [0.717, 1.165) is 34.5 Å². The second-order valence-corrected chi connectivity index (χ2v) is 7.86. The average Bonchev–Trinajstić information content (AvgIpc) is 3.25. The van der Waals surface area contributed by atoms with Crippen LogP contribution in [0.2, 0.25) is 10.0 Å². The number of hydrogen-bond acceptors (Lipinski definition) is 5. The fraction of sp³-hybridized carbons (Fsp3) is 0.111. The first-order valence-corrected chi connectivity index (χ1v) is 10.0. The Morgan fingerprint density at radius 3 is 2.64 bits per heavy atom. The lowest BCUT2D eigenvalue weighted by Crippen LogP contribution is -2.16. The zero-order chi connectivity index (χ0) is 19.8. The summed E-state index contributed by atoms with van der Waals surface area (Å²) in [5.41, 5.74) is 2.41. The lowest BCUT2D eigenvalue weighted by molar-refractivity contribution is -0.384. The van der Waals surface area contributed by atoms with E-state index in [1.165, 1.54) is 12.1 Å². The first-order chi connectivity index (χ1) is 13.4. The molecule has 0 saturated heterocycles. The molecule has 0 spiro atoms. The van der Waals surface area contributed by atoms with Crippen LogP contribution in [0.4, 0.5) is 11.5 Å². The molecular weight excluding hydrogens is 423 g/mol. The molecule has 0 aliphatic carbocycles. The highest BCUT2D eigenvalue weighted by Crippen LogP contribution is 2.36. The number of anilines is 1. The van der Waals surface area contributed by atoms with Crippen LogP contribution in [0.15, 0.2) is 42.5 Å². The number of carbonyl (C=O) groups is 1. The van der Waals surface area contributed by atoms with Crippen molar-refractivity contribution in [3.05, 3.63) is 79.4 Å². The number of hydrogen-bond donors (Lipinski definition) is 1. The number of carbonyl (C=O) groups excluding carboxylic acids is 1. The molecule has 1 aliphatic heterocycles. The predicted octanol–water partition coefficient (Wildman–Crippen LogP) is 5.09. The molecule has 10 heteroatoms. The molecule has 2 aromatic carbocycles. The fourth-order valence-corrected chi connectivity index (χ4v) is 4.23. The van der Waals surface area contributed by atoms with Crippen LogP contribution in [0.5, 0.6) is 0 Å². The molecule has 0 bridgehead atoms. The summed E-state index contributed by atoms with van der Waals surface area (Å²) < 4.78 is 1.66. The zero-order valence-electron chi connectivity index (χ0n) is 14.2. The number of fused-ring (bicyclic) bond motifs is 1. The van der Waals surface area contributed by atoms with Crippen molar-refractivity contribution in [3.63, 3.8) is 0 Å². The molecule has 142 valence electrons. The van der Waals surface area contributed by atoms with Crippen LogP contribution >= 0.6 is 35.0 Å². The minimum absolute atomic E-state index is 0.0231. The van der Waals surface area contributed by atoms with Crippen molar-refractivity contribution in [3.8, 4) is 5.69 Å². The minimum Gasteiger partial charge on any atom is -0.306 e. The molecule has 28 heavy (non-hydrogen) atoms. The van der Waals surface area contributed by atoms with Gasteiger partial charge in [-0.2, -0.15) is 16.9 Å². The third-order valence-corrected chi connectivity index (χ3v) is 5.80. The van der Waals surface area contributed by atoms with Crippen LogP contribution in [-0.4, -0.2) is 20.6 Å². The number of nitro groups is 1. The molecule has 0 atom stereocenters. The van der Waals surface area contributed by atoms with Gasteiger partial charge in [0.1, 0.15) is 10.8 Å². The van der Waals surface area contributed by atoms with Crippen LogP contribution in [0, 0.1) is 10.1 Å². The van der Waals surface area contributed by atoms with Crippen LogP contribution in [-0.2, 0) is 11.5 Å². The standard InChI is InChI=1S/C18H12Cl2N4O3S/c19-11-2-4-12(5-3-11)23-17(13-8-28-9-15(13)22-23)21-18(25)10-1-6-14(20)16(7-10)24(26)27/h1-7H,8-9H2,(H,21,25). The number of benzene rings is 2. The Hall–Kier alpha value is -2.55. The van der Waals surface area contributed by atoms with Crippen molar-refractivity contribution < 1.29 is 9.72 Å². The van der Waals surface area contributed by atoms with Crippen molar-refractivity contribution in [1.82, 2.24) is 9.78 Å². The number of halogens is 2. The van der Waals surface area contributed by atoms with Crippen LogP contribution < -0.4 is 5.32 Å². The highest BCUT2D eigenvalue weighted by Gasteiger charge is 2.25. The molecule has 0 fully saturated rings. The van der Waals surface area contributed by atoms with Crippen LogP contribution in [0.25, 0.3) is 5.69 Å². The second kappa shape index (κ2) is 7.46. The quantitative estimate of drug-likeness (QED) is 0.456. The zero-order valence-corrected chi connectivity index (χ0v) is 16.5. The molecule has 0 unspecified atom stereocenters. The number of thioether (sulfide) groups is 1. The molecule has 3 aromatic rings. The Morgan fingerprint density at radius 1 is 1.18 bits per heavy atom. The molecular formula is C18H12Cl2N4O3S. The highest BCUT2D eigenvalue weighted by atomic mass is 35.5. The van der Waals surface area contributed by atoms with E-state index >= 15 is 0 Å². The van der Waals surface area contributed by atoms with Gasteiger partial charge in [0, 0.05) is 33.7 Å². The van der Waals surface area contributed by atoms with Gasteiger partial charge in [-0.25, -0.2) is 4.68 Å². The maximum atomic E-state index is 12.8. The number of rotatable bonds is 4. The van der Waals surface area contributed by atoms with Gasteiger partial charge in [0.25, 0.3) is 11.6 Å². The summed E-state index contributed by atoms with van der Waals surface area (Å²) in [6.45, 7) is 0. The third kappa shape index (κ3) is 3.46. The van der Waals surface area contributed by atoms with Gasteiger partial charge in [-0.1, -0.05) is 23.2 Å². The van der Waals surface area contributed by atoms with E-state index in [2.05, 4.69) is 10.4 Å². The number of nitrogens with one attached hydrogen (secondary N) is 1. The van der Waals surface area contributed by atoms with E-state index in [4.69, 9.17) is 23.2 Å². The second-order valence-electron chi connectivity index (χ2n) is 6.03. The van der Waals surface area contributed by atoms with Crippen LogP contribution in [0.3, 0.4) is 0 Å². The van der Waals surface area contributed by atoms with Crippen molar-refractivity contribution in [1.29, 1.82) is 0 Å². The van der Waals surface area contributed by atoms with Gasteiger partial charge in [-0.3, -0.25) is 14.9 Å². The Bertz CT molecular complexity index is 1100. The van der Waals surface area contributed by atoms with Gasteiger partial charge >= 0.3 is 0 Å². The van der Waals surface area contributed by atoms with E-state index < -0.39 is 10.8 Å². The summed E-state index contributed by atoms with van der Waals surface area (Å²) in [6.07, 6.45) is 0. The molecule has 1 aromatic heterocycles. The largest absolute Gasteiger partial charge is 0.306 e. The van der Waals surface area contributed by atoms with E-state index in [-0.39, 0.29) is 16.3 Å². The summed E-state index contributed by atoms with van der Waals surface area (Å²) in [5.74, 6) is 1.55. The molecule has 7 nitrogen and oxygen atoms in total. The fourth-order valence-electron chi connectivity index (χ4n) is 2.88. The first kappa shape index (κ1) is 18.8. The molecule has 1 amide bonds. The summed E-state index contributed by atoms with van der Waals surface area (Å²) in [7, 11) is 0. The monoisotopic (exact) mass is 434 g/mol. The molecule has 4 rings (SSSR count). The van der Waals surface area contributed by atoms with Crippen molar-refractivity contribution in [2.75, 3.05) is 5.32 Å². The number of nitro benzene ring substituents is 1. The Balaban J connectivity index is 1.72. The average molecular weight is 435 g/mol.